The monoisotopic (exact) mass is 361 g/mol. The first-order chi connectivity index (χ1) is 13.2. The maximum absolute atomic E-state index is 11.5. The summed E-state index contributed by atoms with van der Waals surface area (Å²) < 4.78 is 0. The molecule has 0 spiro atoms. The Balaban J connectivity index is 1.63. The van der Waals surface area contributed by atoms with Crippen LogP contribution in [0.5, 0.6) is 0 Å². The van der Waals surface area contributed by atoms with E-state index >= 15 is 0 Å². The van der Waals surface area contributed by atoms with Crippen molar-refractivity contribution in [1.29, 1.82) is 0 Å². The largest absolute Gasteiger partial charge is 0.354 e. The van der Waals surface area contributed by atoms with E-state index in [0.29, 0.717) is 11.6 Å². The van der Waals surface area contributed by atoms with Crippen molar-refractivity contribution in [1.82, 2.24) is 25.3 Å². The van der Waals surface area contributed by atoms with E-state index in [1.165, 1.54) is 29.4 Å². The van der Waals surface area contributed by atoms with Crippen molar-refractivity contribution in [3.8, 4) is 11.3 Å². The molecule has 6 nitrogen and oxygen atoms in total. The third-order valence-corrected chi connectivity index (χ3v) is 5.75. The van der Waals surface area contributed by atoms with Crippen LogP contribution in [0.2, 0.25) is 0 Å². The molecule has 1 aliphatic rings. The number of hydrogen-bond acceptors (Lipinski definition) is 3. The third-order valence-electron chi connectivity index (χ3n) is 5.75. The van der Waals surface area contributed by atoms with Gasteiger partial charge in [-0.2, -0.15) is 0 Å². The van der Waals surface area contributed by atoms with Crippen molar-refractivity contribution in [2.45, 2.75) is 32.1 Å². The van der Waals surface area contributed by atoms with Gasteiger partial charge in [0, 0.05) is 22.7 Å². The number of aromatic nitrogens is 4. The second-order valence-electron chi connectivity index (χ2n) is 7.36. The molecule has 0 saturated carbocycles. The summed E-state index contributed by atoms with van der Waals surface area (Å²) in [7, 11) is 0. The van der Waals surface area contributed by atoms with Crippen LogP contribution in [0.4, 0.5) is 0 Å². The molecule has 0 unspecified atom stereocenters. The number of aromatic amines is 3. The lowest BCUT2D eigenvalue weighted by molar-refractivity contribution is 0.460. The number of H-pyrrole nitrogens is 3. The van der Waals surface area contributed by atoms with E-state index in [2.05, 4.69) is 50.4 Å². The molecule has 5 rings (SSSR count). The second kappa shape index (κ2) is 6.39. The normalized spacial score (nSPS) is 15.7. The number of piperidine rings is 1. The van der Waals surface area contributed by atoms with Gasteiger partial charge < -0.3 is 15.3 Å². The average Bonchev–Trinajstić information content (AvgIpc) is 3.26. The summed E-state index contributed by atoms with van der Waals surface area (Å²) >= 11 is 0. The summed E-state index contributed by atoms with van der Waals surface area (Å²) in [5, 5.41) is 4.74. The number of fused-ring (bicyclic) bond motifs is 2. The van der Waals surface area contributed by atoms with Gasteiger partial charge >= 0.3 is 5.69 Å². The zero-order chi connectivity index (χ0) is 18.4. The Morgan fingerprint density at radius 1 is 1.07 bits per heavy atom. The van der Waals surface area contributed by atoms with E-state index in [-0.39, 0.29) is 5.69 Å². The molecule has 3 aromatic heterocycles. The van der Waals surface area contributed by atoms with Crippen molar-refractivity contribution in [3.63, 3.8) is 0 Å². The van der Waals surface area contributed by atoms with Crippen LogP contribution in [0.1, 0.15) is 36.8 Å². The van der Waals surface area contributed by atoms with Gasteiger partial charge in [-0.1, -0.05) is 13.0 Å². The number of nitrogens with one attached hydrogen (secondary N) is 4. The number of aryl methyl sites for hydroxylation is 1. The molecule has 0 amide bonds. The quantitative estimate of drug-likeness (QED) is 0.451. The average molecular weight is 361 g/mol. The molecule has 0 bridgehead atoms. The Kier molecular flexibility index (Phi) is 3.86. The van der Waals surface area contributed by atoms with E-state index in [1.54, 1.807) is 0 Å². The maximum Gasteiger partial charge on any atom is 0.325 e. The molecule has 138 valence electrons. The zero-order valence-electron chi connectivity index (χ0n) is 15.4. The minimum absolute atomic E-state index is 0.228. The minimum atomic E-state index is -0.228. The fraction of sp³-hybridized carbons (Fsp3) is 0.333. The number of rotatable bonds is 3. The van der Waals surface area contributed by atoms with Crippen LogP contribution in [-0.2, 0) is 6.42 Å². The SMILES string of the molecule is CCc1c(-c2cnc3[nH]c(=O)[nH]c3c2)[nH]c2ccc(C3CCNCC3)cc12. The van der Waals surface area contributed by atoms with Gasteiger partial charge in [0.15, 0.2) is 5.65 Å². The molecular weight excluding hydrogens is 338 g/mol. The van der Waals surface area contributed by atoms with Crippen LogP contribution in [0.3, 0.4) is 0 Å². The fourth-order valence-corrected chi connectivity index (χ4v) is 4.35. The van der Waals surface area contributed by atoms with E-state index in [9.17, 15) is 4.79 Å². The molecule has 1 aliphatic heterocycles. The summed E-state index contributed by atoms with van der Waals surface area (Å²) in [6, 6.07) is 8.83. The van der Waals surface area contributed by atoms with Crippen molar-refractivity contribution < 1.29 is 0 Å². The molecular formula is C21H23N5O. The van der Waals surface area contributed by atoms with Crippen LogP contribution in [0, 0.1) is 0 Å². The van der Waals surface area contributed by atoms with Gasteiger partial charge in [0.05, 0.1) is 11.2 Å². The first-order valence-corrected chi connectivity index (χ1v) is 9.66. The zero-order valence-corrected chi connectivity index (χ0v) is 15.4. The van der Waals surface area contributed by atoms with Gasteiger partial charge in [-0.05, 0) is 67.6 Å². The lowest BCUT2D eigenvalue weighted by atomic mass is 9.89. The molecule has 0 radical (unpaired) electrons. The van der Waals surface area contributed by atoms with Crippen LogP contribution in [0.15, 0.2) is 35.3 Å². The maximum atomic E-state index is 11.5. The second-order valence-corrected chi connectivity index (χ2v) is 7.36. The standard InChI is InChI=1S/C21H23N5O/c1-2-15-16-9-13(12-5-7-22-8-6-12)3-4-17(16)24-19(15)14-10-18-20(23-11-14)26-21(27)25-18/h3-4,9-12,22,24H,2,5-8H2,1H3,(H2,23,25,26,27). The first-order valence-electron chi connectivity index (χ1n) is 9.66. The van der Waals surface area contributed by atoms with Gasteiger partial charge in [-0.15, -0.1) is 0 Å². The Morgan fingerprint density at radius 2 is 1.93 bits per heavy atom. The molecule has 1 saturated heterocycles. The summed E-state index contributed by atoms with van der Waals surface area (Å²) in [6.45, 7) is 4.39. The van der Waals surface area contributed by atoms with Crippen molar-refractivity contribution >= 4 is 22.1 Å². The number of hydrogen-bond donors (Lipinski definition) is 4. The predicted octanol–water partition coefficient (Wildman–Crippen LogP) is 3.43. The summed E-state index contributed by atoms with van der Waals surface area (Å²) in [6.07, 6.45) is 5.16. The van der Waals surface area contributed by atoms with E-state index in [1.807, 2.05) is 12.3 Å². The van der Waals surface area contributed by atoms with Crippen LogP contribution >= 0.6 is 0 Å². The Morgan fingerprint density at radius 3 is 2.74 bits per heavy atom. The Hall–Kier alpha value is -2.86. The summed E-state index contributed by atoms with van der Waals surface area (Å²) in [5.41, 5.74) is 7.07. The smallest absolute Gasteiger partial charge is 0.325 e. The molecule has 4 aromatic rings. The summed E-state index contributed by atoms with van der Waals surface area (Å²) in [5.74, 6) is 0.640. The van der Waals surface area contributed by atoms with Gasteiger partial charge in [0.1, 0.15) is 0 Å². The van der Waals surface area contributed by atoms with Crippen molar-refractivity contribution in [2.75, 3.05) is 13.1 Å². The van der Waals surface area contributed by atoms with E-state index in [4.69, 9.17) is 0 Å². The molecule has 27 heavy (non-hydrogen) atoms. The topological polar surface area (TPSA) is 89.4 Å². The minimum Gasteiger partial charge on any atom is -0.354 e. The highest BCUT2D eigenvalue weighted by atomic mass is 16.1. The Labute approximate surface area is 156 Å². The fourth-order valence-electron chi connectivity index (χ4n) is 4.35. The number of nitrogens with zero attached hydrogens (tertiary/aromatic N) is 1. The Bertz CT molecular complexity index is 1180. The molecule has 0 aliphatic carbocycles. The highest BCUT2D eigenvalue weighted by Gasteiger charge is 2.18. The summed E-state index contributed by atoms with van der Waals surface area (Å²) in [4.78, 5) is 25.0. The molecule has 1 aromatic carbocycles. The number of benzene rings is 1. The van der Waals surface area contributed by atoms with Gasteiger partial charge in [0.2, 0.25) is 0 Å². The molecule has 1 fully saturated rings. The third kappa shape index (κ3) is 2.77. The van der Waals surface area contributed by atoms with Crippen LogP contribution in [-0.4, -0.2) is 33.0 Å². The van der Waals surface area contributed by atoms with E-state index < -0.39 is 0 Å². The van der Waals surface area contributed by atoms with Gasteiger partial charge in [-0.3, -0.25) is 4.98 Å². The predicted molar refractivity (Wildman–Crippen MR) is 108 cm³/mol. The van der Waals surface area contributed by atoms with Crippen molar-refractivity contribution in [2.24, 2.45) is 0 Å². The van der Waals surface area contributed by atoms with Crippen LogP contribution in [0.25, 0.3) is 33.3 Å². The highest BCUT2D eigenvalue weighted by Crippen LogP contribution is 2.34. The number of pyridine rings is 1. The molecule has 0 atom stereocenters. The van der Waals surface area contributed by atoms with E-state index in [0.717, 1.165) is 41.8 Å². The highest BCUT2D eigenvalue weighted by molar-refractivity contribution is 5.92. The molecule has 4 heterocycles. The number of imidazole rings is 1. The molecule has 4 N–H and O–H groups in total. The lowest BCUT2D eigenvalue weighted by Gasteiger charge is -2.23. The lowest BCUT2D eigenvalue weighted by Crippen LogP contribution is -2.26. The molecule has 6 heteroatoms. The van der Waals surface area contributed by atoms with Gasteiger partial charge in [0.25, 0.3) is 0 Å². The van der Waals surface area contributed by atoms with Crippen LogP contribution < -0.4 is 11.0 Å². The first kappa shape index (κ1) is 16.3. The van der Waals surface area contributed by atoms with Crippen molar-refractivity contribution in [3.05, 3.63) is 52.1 Å². The van der Waals surface area contributed by atoms with Gasteiger partial charge in [-0.25, -0.2) is 9.78 Å².